The third-order valence-corrected chi connectivity index (χ3v) is 4.15. The maximum Gasteiger partial charge on any atom is 0.333 e. The molecule has 1 N–H and O–H groups in total. The highest BCUT2D eigenvalue weighted by molar-refractivity contribution is 6.00. The molecule has 9 heteroatoms. The highest BCUT2D eigenvalue weighted by Gasteiger charge is 2.31. The van der Waals surface area contributed by atoms with Gasteiger partial charge in [-0.05, 0) is 43.6 Å². The van der Waals surface area contributed by atoms with Gasteiger partial charge in [-0.3, -0.25) is 4.79 Å². The van der Waals surface area contributed by atoms with Gasteiger partial charge in [-0.15, -0.1) is 0 Å². The number of nitrogens with zero attached hydrogens (tertiary/aromatic N) is 4. The molecule has 1 aromatic rings. The van der Waals surface area contributed by atoms with Crippen molar-refractivity contribution in [2.24, 2.45) is 5.11 Å². The fourth-order valence-electron chi connectivity index (χ4n) is 2.87. The quantitative estimate of drug-likeness (QED) is 0.323. The lowest BCUT2D eigenvalue weighted by Crippen LogP contribution is -2.33. The van der Waals surface area contributed by atoms with E-state index in [4.69, 9.17) is 10.3 Å². The summed E-state index contributed by atoms with van der Waals surface area (Å²) in [6.45, 7) is 3.24. The van der Waals surface area contributed by atoms with Gasteiger partial charge in [-0.25, -0.2) is 9.18 Å². The SMILES string of the molecule is CC(=O)C1=C(C)N(c2ccc(F)cc2)C(COCCN=[N+]=[N-])=C(C(=O)O)C1. The summed E-state index contributed by atoms with van der Waals surface area (Å²) in [6.07, 6.45) is -0.0246. The smallest absolute Gasteiger partial charge is 0.333 e. The van der Waals surface area contributed by atoms with Gasteiger partial charge < -0.3 is 14.7 Å². The van der Waals surface area contributed by atoms with Gasteiger partial charge in [0, 0.05) is 34.8 Å². The first-order valence-electron chi connectivity index (χ1n) is 8.17. The van der Waals surface area contributed by atoms with Crippen LogP contribution < -0.4 is 4.90 Å². The Morgan fingerprint density at radius 2 is 2.00 bits per heavy atom. The van der Waals surface area contributed by atoms with E-state index in [9.17, 15) is 19.1 Å². The maximum absolute atomic E-state index is 13.3. The number of hydrogen-bond donors (Lipinski definition) is 1. The number of ether oxygens (including phenoxy) is 1. The first-order chi connectivity index (χ1) is 12.9. The van der Waals surface area contributed by atoms with Crippen LogP contribution in [0.25, 0.3) is 10.4 Å². The fourth-order valence-corrected chi connectivity index (χ4v) is 2.87. The van der Waals surface area contributed by atoms with Gasteiger partial charge in [0.1, 0.15) is 5.82 Å². The molecular weight excluding hydrogens is 355 g/mol. The minimum absolute atomic E-state index is 0.0246. The van der Waals surface area contributed by atoms with Crippen molar-refractivity contribution in [2.75, 3.05) is 24.7 Å². The molecule has 142 valence electrons. The molecule has 0 aliphatic carbocycles. The molecular formula is C18H19FN4O4. The molecule has 8 nitrogen and oxygen atoms in total. The average Bonchev–Trinajstić information content (AvgIpc) is 2.62. The van der Waals surface area contributed by atoms with E-state index in [1.165, 1.54) is 31.2 Å². The monoisotopic (exact) mass is 374 g/mol. The first kappa shape index (κ1) is 20.2. The summed E-state index contributed by atoms with van der Waals surface area (Å²) in [5.41, 5.74) is 10.1. The molecule has 0 spiro atoms. The highest BCUT2D eigenvalue weighted by Crippen LogP contribution is 2.35. The minimum atomic E-state index is -1.16. The molecule has 0 amide bonds. The Labute approximate surface area is 155 Å². The highest BCUT2D eigenvalue weighted by atomic mass is 19.1. The van der Waals surface area contributed by atoms with Crippen molar-refractivity contribution < 1.29 is 23.8 Å². The third kappa shape index (κ3) is 4.72. The Bertz CT molecular complexity index is 855. The van der Waals surface area contributed by atoms with Crippen LogP contribution in [0.15, 0.2) is 51.9 Å². The van der Waals surface area contributed by atoms with Crippen LogP contribution in [0.2, 0.25) is 0 Å². The Morgan fingerprint density at radius 1 is 1.33 bits per heavy atom. The number of carboxylic acids is 1. The molecule has 27 heavy (non-hydrogen) atoms. The zero-order valence-electron chi connectivity index (χ0n) is 15.0. The zero-order chi connectivity index (χ0) is 20.0. The standard InChI is InChI=1S/C18H19FN4O4/c1-11-15(12(2)24)9-16(18(25)26)17(10-27-8-7-21-22-20)23(11)14-5-3-13(19)4-6-14/h3-6H,7-10H2,1-2H3,(H,25,26). The molecule has 0 fully saturated rings. The molecule has 1 heterocycles. The molecule has 1 aromatic carbocycles. The number of benzene rings is 1. The zero-order valence-corrected chi connectivity index (χ0v) is 15.0. The van der Waals surface area contributed by atoms with E-state index in [0.29, 0.717) is 22.7 Å². The number of carbonyl (C=O) groups is 2. The number of hydrogen-bond acceptors (Lipinski definition) is 5. The number of halogens is 1. The van der Waals surface area contributed by atoms with Crippen molar-refractivity contribution in [3.8, 4) is 0 Å². The number of carbonyl (C=O) groups excluding carboxylic acids is 1. The van der Waals surface area contributed by atoms with Gasteiger partial charge in [-0.1, -0.05) is 5.11 Å². The molecule has 1 aliphatic heterocycles. The van der Waals surface area contributed by atoms with Gasteiger partial charge in [0.05, 0.1) is 24.5 Å². The lowest BCUT2D eigenvalue weighted by Gasteiger charge is -2.35. The summed E-state index contributed by atoms with van der Waals surface area (Å²) in [5.74, 6) is -1.83. The van der Waals surface area contributed by atoms with Crippen LogP contribution in [0, 0.1) is 5.82 Å². The number of allylic oxidation sites excluding steroid dienone is 2. The van der Waals surface area contributed by atoms with E-state index in [-0.39, 0.29) is 37.5 Å². The summed E-state index contributed by atoms with van der Waals surface area (Å²) in [4.78, 5) is 28.0. The van der Waals surface area contributed by atoms with E-state index < -0.39 is 11.8 Å². The van der Waals surface area contributed by atoms with E-state index in [1.807, 2.05) is 0 Å². The Hall–Kier alpha value is -3.16. The molecule has 0 radical (unpaired) electrons. The Balaban J connectivity index is 2.48. The van der Waals surface area contributed by atoms with E-state index >= 15 is 0 Å². The average molecular weight is 374 g/mol. The summed E-state index contributed by atoms with van der Waals surface area (Å²) in [7, 11) is 0. The van der Waals surface area contributed by atoms with Crippen molar-refractivity contribution in [1.29, 1.82) is 0 Å². The lowest BCUT2D eigenvalue weighted by atomic mass is 9.93. The van der Waals surface area contributed by atoms with Gasteiger partial charge in [0.15, 0.2) is 5.78 Å². The molecule has 0 unspecified atom stereocenters. The molecule has 0 saturated heterocycles. The largest absolute Gasteiger partial charge is 0.478 e. The van der Waals surface area contributed by atoms with Gasteiger partial charge in [0.2, 0.25) is 0 Å². The number of anilines is 1. The number of Topliss-reactive ketones (excluding diaryl/α,β-unsaturated/α-hetero) is 1. The molecule has 2 rings (SSSR count). The van der Waals surface area contributed by atoms with Crippen LogP contribution in [0.1, 0.15) is 20.3 Å². The van der Waals surface area contributed by atoms with Gasteiger partial charge in [-0.2, -0.15) is 0 Å². The Kier molecular flexibility index (Phi) is 6.70. The molecule has 0 atom stereocenters. The van der Waals surface area contributed by atoms with Crippen LogP contribution in [0.4, 0.5) is 10.1 Å². The second kappa shape index (κ2) is 8.98. The van der Waals surface area contributed by atoms with Gasteiger partial charge in [0.25, 0.3) is 0 Å². The molecule has 0 bridgehead atoms. The second-order valence-electron chi connectivity index (χ2n) is 5.85. The van der Waals surface area contributed by atoms with Crippen molar-refractivity contribution in [2.45, 2.75) is 20.3 Å². The van der Waals surface area contributed by atoms with Crippen molar-refractivity contribution in [1.82, 2.24) is 0 Å². The molecule has 1 aliphatic rings. The number of ketones is 1. The fraction of sp³-hybridized carbons (Fsp3) is 0.333. The van der Waals surface area contributed by atoms with Crippen molar-refractivity contribution in [3.05, 3.63) is 63.1 Å². The second-order valence-corrected chi connectivity index (χ2v) is 5.85. The van der Waals surface area contributed by atoms with Crippen LogP contribution in [-0.4, -0.2) is 36.6 Å². The summed E-state index contributed by atoms with van der Waals surface area (Å²) in [6, 6.07) is 5.51. The third-order valence-electron chi connectivity index (χ3n) is 4.15. The number of aliphatic carboxylic acids is 1. The Morgan fingerprint density at radius 3 is 2.56 bits per heavy atom. The topological polar surface area (TPSA) is 116 Å². The van der Waals surface area contributed by atoms with Crippen LogP contribution in [0.3, 0.4) is 0 Å². The number of azide groups is 1. The van der Waals surface area contributed by atoms with Crippen molar-refractivity contribution >= 4 is 17.4 Å². The van der Waals surface area contributed by atoms with E-state index in [0.717, 1.165) is 0 Å². The predicted octanol–water partition coefficient (Wildman–Crippen LogP) is 3.56. The minimum Gasteiger partial charge on any atom is -0.478 e. The van der Waals surface area contributed by atoms with Crippen LogP contribution >= 0.6 is 0 Å². The summed E-state index contributed by atoms with van der Waals surface area (Å²) >= 11 is 0. The summed E-state index contributed by atoms with van der Waals surface area (Å²) < 4.78 is 18.8. The van der Waals surface area contributed by atoms with E-state index in [1.54, 1.807) is 11.8 Å². The number of rotatable bonds is 8. The van der Waals surface area contributed by atoms with Crippen LogP contribution in [0.5, 0.6) is 0 Å². The van der Waals surface area contributed by atoms with Crippen LogP contribution in [-0.2, 0) is 14.3 Å². The first-order valence-corrected chi connectivity index (χ1v) is 8.17. The summed E-state index contributed by atoms with van der Waals surface area (Å²) in [5, 5.41) is 13.0. The predicted molar refractivity (Wildman–Crippen MR) is 96.4 cm³/mol. The number of carboxylic acid groups (broad SMARTS) is 1. The van der Waals surface area contributed by atoms with Crippen molar-refractivity contribution in [3.63, 3.8) is 0 Å². The molecule has 0 aromatic heterocycles. The van der Waals surface area contributed by atoms with Gasteiger partial charge >= 0.3 is 5.97 Å². The lowest BCUT2D eigenvalue weighted by molar-refractivity contribution is -0.132. The van der Waals surface area contributed by atoms with E-state index in [2.05, 4.69) is 10.0 Å². The molecule has 0 saturated carbocycles. The maximum atomic E-state index is 13.3. The normalized spacial score (nSPS) is 14.3.